The fraction of sp³-hybridized carbons (Fsp3) is 0.280. The van der Waals surface area contributed by atoms with Crippen LogP contribution in [-0.2, 0) is 52.2 Å². The molecule has 2 aliphatic rings. The van der Waals surface area contributed by atoms with Gasteiger partial charge in [0.2, 0.25) is 0 Å². The molecule has 0 unspecified atom stereocenters. The Morgan fingerprint density at radius 1 is 0.433 bits per heavy atom. The fourth-order valence-corrected chi connectivity index (χ4v) is 7.29. The molecule has 0 amide bonds. The van der Waals surface area contributed by atoms with Gasteiger partial charge >= 0.3 is 35.8 Å². The molecule has 0 saturated carbocycles. The number of ether oxygens (including phenoxy) is 10. The zero-order valence-corrected chi connectivity index (χ0v) is 36.1. The number of carbonyl (C=O) groups is 6. The third kappa shape index (κ3) is 12.1. The van der Waals surface area contributed by atoms with Crippen molar-refractivity contribution in [3.8, 4) is 0 Å². The zero-order chi connectivity index (χ0) is 47.3. The van der Waals surface area contributed by atoms with Gasteiger partial charge in [-0.05, 0) is 60.7 Å². The first kappa shape index (κ1) is 47.7. The maximum Gasteiger partial charge on any atom is 0.338 e. The van der Waals surface area contributed by atoms with Gasteiger partial charge in [-0.25, -0.2) is 24.0 Å². The SMILES string of the molecule is CO[C@H]1O[C@H](CO[C@H]2O[C@H](COC(=O)c3ccccc3)[C@@H](OC(=O)c3ccccc3)[C@H](OC(=O)c3ccccc3)[C@@H]2OC(C)=O)[C@@H](O)[C@H](OC(=O)c2ccccc2)[C@@H]1OC(=O)c1ccccc1. The molecule has 348 valence electrons. The maximum absolute atomic E-state index is 13.8. The molecule has 10 atom stereocenters. The Labute approximate surface area is 384 Å². The Balaban J connectivity index is 1.21. The van der Waals surface area contributed by atoms with Gasteiger partial charge in [0, 0.05) is 14.0 Å². The molecule has 5 aromatic rings. The summed E-state index contributed by atoms with van der Waals surface area (Å²) in [5.41, 5.74) is 0.630. The van der Waals surface area contributed by atoms with E-state index < -0.39 is 110 Å². The number of esters is 6. The lowest BCUT2D eigenvalue weighted by Crippen LogP contribution is -2.64. The smallest absolute Gasteiger partial charge is 0.338 e. The van der Waals surface area contributed by atoms with E-state index in [2.05, 4.69) is 0 Å². The minimum Gasteiger partial charge on any atom is -0.459 e. The monoisotopic (exact) mass is 918 g/mol. The van der Waals surface area contributed by atoms with Crippen LogP contribution in [0.25, 0.3) is 0 Å². The lowest BCUT2D eigenvalue weighted by Gasteiger charge is -2.45. The average molecular weight is 919 g/mol. The van der Waals surface area contributed by atoms with Crippen molar-refractivity contribution >= 4 is 35.8 Å². The highest BCUT2D eigenvalue weighted by Crippen LogP contribution is 2.34. The number of carbonyl (C=O) groups excluding carboxylic acids is 6. The zero-order valence-electron chi connectivity index (χ0n) is 36.1. The van der Waals surface area contributed by atoms with Crippen LogP contribution in [0.4, 0.5) is 0 Å². The van der Waals surface area contributed by atoms with Gasteiger partial charge < -0.3 is 52.5 Å². The fourth-order valence-electron chi connectivity index (χ4n) is 7.29. The lowest BCUT2D eigenvalue weighted by atomic mass is 9.97. The van der Waals surface area contributed by atoms with E-state index in [9.17, 15) is 33.9 Å². The first-order valence-electron chi connectivity index (χ1n) is 21.1. The number of hydrogen-bond donors (Lipinski definition) is 1. The minimum absolute atomic E-state index is 0.0798. The van der Waals surface area contributed by atoms with E-state index >= 15 is 0 Å². The largest absolute Gasteiger partial charge is 0.459 e. The molecule has 17 nitrogen and oxygen atoms in total. The van der Waals surface area contributed by atoms with Gasteiger partial charge in [0.15, 0.2) is 43.1 Å². The summed E-state index contributed by atoms with van der Waals surface area (Å²) in [6.45, 7) is -0.190. The van der Waals surface area contributed by atoms with Crippen molar-refractivity contribution in [3.63, 3.8) is 0 Å². The minimum atomic E-state index is -1.79. The van der Waals surface area contributed by atoms with Crippen LogP contribution in [0.2, 0.25) is 0 Å². The molecule has 2 saturated heterocycles. The standard InChI is InChI=1S/C50H46O17/c1-30(51)61-43-41(66-47(56)34-24-14-6-15-25-34)39(64-45(54)32-20-10-4-11-21-32)37(29-59-44(53)31-18-8-3-9-19-31)63-50(43)60-28-36-38(52)40(65-46(55)33-22-12-5-13-23-33)42(49(58-2)62-36)67-48(57)35-26-16-7-17-27-35/h3-27,36-43,49-50,52H,28-29H2,1-2H3/t36-,37-,38-,39-,40+,41+,42+,43+,49+,50+/m1/s1. The Kier molecular flexibility index (Phi) is 16.2. The molecule has 0 aromatic heterocycles. The number of benzene rings is 5. The molecule has 1 N–H and O–H groups in total. The van der Waals surface area contributed by atoms with Gasteiger partial charge in [0.25, 0.3) is 0 Å². The van der Waals surface area contributed by atoms with Crippen LogP contribution in [-0.4, -0.2) is 123 Å². The summed E-state index contributed by atoms with van der Waals surface area (Å²) in [5.74, 6) is -5.20. The van der Waals surface area contributed by atoms with Crippen LogP contribution >= 0.6 is 0 Å². The topological polar surface area (TPSA) is 215 Å². The average Bonchev–Trinajstić information content (AvgIpc) is 3.36. The third-order valence-electron chi connectivity index (χ3n) is 10.6. The molecule has 7 rings (SSSR count). The van der Waals surface area contributed by atoms with Crippen molar-refractivity contribution < 1.29 is 81.2 Å². The molecule has 17 heteroatoms. The number of aliphatic hydroxyl groups is 1. The van der Waals surface area contributed by atoms with E-state index in [1.54, 1.807) is 91.0 Å². The molecule has 2 heterocycles. The summed E-state index contributed by atoms with van der Waals surface area (Å²) in [7, 11) is 1.24. The highest BCUT2D eigenvalue weighted by molar-refractivity contribution is 5.92. The second-order valence-corrected chi connectivity index (χ2v) is 15.1. The van der Waals surface area contributed by atoms with Gasteiger partial charge in [-0.1, -0.05) is 91.0 Å². The summed E-state index contributed by atoms with van der Waals surface area (Å²) in [6.07, 6.45) is -16.1. The second-order valence-electron chi connectivity index (χ2n) is 15.1. The van der Waals surface area contributed by atoms with E-state index in [1.807, 2.05) is 0 Å². The van der Waals surface area contributed by atoms with Gasteiger partial charge in [-0.3, -0.25) is 4.79 Å². The predicted molar refractivity (Wildman–Crippen MR) is 231 cm³/mol. The van der Waals surface area contributed by atoms with Gasteiger partial charge in [-0.15, -0.1) is 0 Å². The summed E-state index contributed by atoms with van der Waals surface area (Å²) < 4.78 is 59.3. The van der Waals surface area contributed by atoms with Crippen molar-refractivity contribution in [1.29, 1.82) is 0 Å². The van der Waals surface area contributed by atoms with E-state index in [4.69, 9.17) is 47.4 Å². The predicted octanol–water partition coefficient (Wildman–Crippen LogP) is 5.15. The van der Waals surface area contributed by atoms with E-state index in [0.29, 0.717) is 0 Å². The van der Waals surface area contributed by atoms with Crippen molar-refractivity contribution in [3.05, 3.63) is 179 Å². The van der Waals surface area contributed by atoms with Crippen molar-refractivity contribution in [2.45, 2.75) is 68.3 Å². The normalized spacial score (nSPS) is 24.5. The second kappa shape index (κ2) is 22.8. The highest BCUT2D eigenvalue weighted by Gasteiger charge is 2.55. The third-order valence-corrected chi connectivity index (χ3v) is 10.6. The molecule has 2 fully saturated rings. The van der Waals surface area contributed by atoms with E-state index in [-0.39, 0.29) is 27.8 Å². The van der Waals surface area contributed by atoms with Crippen LogP contribution in [0.5, 0.6) is 0 Å². The number of hydrogen-bond acceptors (Lipinski definition) is 17. The number of aliphatic hydroxyl groups excluding tert-OH is 1. The Hall–Kier alpha value is -7.28. The summed E-state index contributed by atoms with van der Waals surface area (Å²) in [6, 6.07) is 39.5. The van der Waals surface area contributed by atoms with Crippen molar-refractivity contribution in [2.75, 3.05) is 20.3 Å². The first-order chi connectivity index (χ1) is 32.5. The molecule has 0 spiro atoms. The summed E-state index contributed by atoms with van der Waals surface area (Å²) in [5, 5.41) is 11.9. The quantitative estimate of drug-likeness (QED) is 0.100. The molecule has 0 radical (unpaired) electrons. The molecule has 5 aromatic carbocycles. The van der Waals surface area contributed by atoms with Gasteiger partial charge in [-0.2, -0.15) is 0 Å². The molecule has 67 heavy (non-hydrogen) atoms. The van der Waals surface area contributed by atoms with Crippen LogP contribution in [0.15, 0.2) is 152 Å². The van der Waals surface area contributed by atoms with Crippen LogP contribution in [0, 0.1) is 0 Å². The van der Waals surface area contributed by atoms with Crippen LogP contribution in [0.3, 0.4) is 0 Å². The van der Waals surface area contributed by atoms with Crippen LogP contribution < -0.4 is 0 Å². The lowest BCUT2D eigenvalue weighted by molar-refractivity contribution is -0.327. The number of methoxy groups -OCH3 is 1. The van der Waals surface area contributed by atoms with Crippen LogP contribution in [0.1, 0.15) is 58.7 Å². The Morgan fingerprint density at radius 3 is 1.21 bits per heavy atom. The van der Waals surface area contributed by atoms with E-state index in [0.717, 1.165) is 6.92 Å². The van der Waals surface area contributed by atoms with Crippen molar-refractivity contribution in [2.24, 2.45) is 0 Å². The molecular weight excluding hydrogens is 873 g/mol. The molecule has 0 bridgehead atoms. The van der Waals surface area contributed by atoms with Gasteiger partial charge in [0.05, 0.1) is 34.4 Å². The molecule has 2 aliphatic heterocycles. The Morgan fingerprint density at radius 2 is 0.791 bits per heavy atom. The summed E-state index contributed by atoms with van der Waals surface area (Å²) >= 11 is 0. The molecule has 0 aliphatic carbocycles. The Bertz CT molecular complexity index is 2440. The summed E-state index contributed by atoms with van der Waals surface area (Å²) in [4.78, 5) is 80.6. The molecular formula is C50H46O17. The highest BCUT2D eigenvalue weighted by atomic mass is 16.8. The van der Waals surface area contributed by atoms with Crippen molar-refractivity contribution in [1.82, 2.24) is 0 Å². The first-order valence-corrected chi connectivity index (χ1v) is 21.1. The maximum atomic E-state index is 13.8. The number of rotatable bonds is 16. The van der Waals surface area contributed by atoms with E-state index in [1.165, 1.54) is 67.8 Å². The van der Waals surface area contributed by atoms with Gasteiger partial charge in [0.1, 0.15) is 24.9 Å².